The summed E-state index contributed by atoms with van der Waals surface area (Å²) >= 11 is 0. The lowest BCUT2D eigenvalue weighted by atomic mass is 10.5. The zero-order valence-corrected chi connectivity index (χ0v) is 8.84. The lowest BCUT2D eigenvalue weighted by Gasteiger charge is -2.20. The van der Waals surface area contributed by atoms with Crippen molar-refractivity contribution in [3.63, 3.8) is 0 Å². The van der Waals surface area contributed by atoms with Gasteiger partial charge in [0.1, 0.15) is 0 Å². The van der Waals surface area contributed by atoms with E-state index in [1.165, 1.54) is 0 Å². The Morgan fingerprint density at radius 3 is 2.08 bits per heavy atom. The Hall–Kier alpha value is 0.0569. The first-order chi connectivity index (χ1) is 5.68. The monoisotopic (exact) mass is 192 g/mol. The van der Waals surface area contributed by atoms with Crippen molar-refractivity contribution in [1.82, 2.24) is 0 Å². The van der Waals surface area contributed by atoms with Gasteiger partial charge in [0.05, 0.1) is 0 Å². The fourth-order valence-corrected chi connectivity index (χ4v) is 2.83. The van der Waals surface area contributed by atoms with Crippen LogP contribution in [0.3, 0.4) is 0 Å². The molecule has 0 rings (SSSR count). The fraction of sp³-hybridized carbons (Fsp3) is 1.00. The van der Waals surface area contributed by atoms with Crippen LogP contribution in [-0.4, -0.2) is 28.6 Å². The first-order valence-corrected chi connectivity index (χ1v) is 6.30. The molecule has 0 aliphatic heterocycles. The van der Waals surface area contributed by atoms with Crippen molar-refractivity contribution in [3.05, 3.63) is 0 Å². The predicted molar refractivity (Wildman–Crippen MR) is 48.2 cm³/mol. The van der Waals surface area contributed by atoms with Gasteiger partial charge < -0.3 is 14.6 Å². The molecule has 1 radical (unpaired) electrons. The van der Waals surface area contributed by atoms with Crippen LogP contribution in [0.1, 0.15) is 20.3 Å². The molecule has 12 heavy (non-hydrogen) atoms. The van der Waals surface area contributed by atoms with Gasteiger partial charge in [0.2, 0.25) is 0 Å². The second-order valence-electron chi connectivity index (χ2n) is 2.44. The highest BCUT2D eigenvalue weighted by atomic mass is 28.4. The summed E-state index contributed by atoms with van der Waals surface area (Å²) in [6.45, 7) is 5.00. The largest absolute Gasteiger partial charge is 0.528 e. The molecule has 0 spiro atoms. The third-order valence-electron chi connectivity index (χ3n) is 1.42. The van der Waals surface area contributed by atoms with Crippen molar-refractivity contribution in [3.8, 4) is 0 Å². The molecule has 2 N–H and O–H groups in total. The van der Waals surface area contributed by atoms with Gasteiger partial charge in [-0.15, -0.1) is 0 Å². The van der Waals surface area contributed by atoms with Crippen LogP contribution in [0.4, 0.5) is 0 Å². The fourth-order valence-electron chi connectivity index (χ4n) is 0.944. The summed E-state index contributed by atoms with van der Waals surface area (Å²) in [6, 6.07) is 0.450. The van der Waals surface area contributed by atoms with Gasteiger partial charge in [0.15, 0.2) is 0 Å². The van der Waals surface area contributed by atoms with Crippen molar-refractivity contribution in [1.29, 1.82) is 0 Å². The van der Waals surface area contributed by atoms with Gasteiger partial charge in [-0.25, -0.2) is 4.80 Å². The molecule has 0 aromatic heterocycles. The lowest BCUT2D eigenvalue weighted by Crippen LogP contribution is -2.41. The Bertz CT molecular complexity index is 107. The maximum Gasteiger partial charge on any atom is 0.528 e. The van der Waals surface area contributed by atoms with Crippen molar-refractivity contribution >= 4 is 8.80 Å². The molecule has 0 saturated heterocycles. The van der Waals surface area contributed by atoms with Gasteiger partial charge in [-0.05, 0) is 26.8 Å². The highest BCUT2D eigenvalue weighted by Crippen LogP contribution is 2.12. The summed E-state index contributed by atoms with van der Waals surface area (Å²) in [5.74, 6) is 0. The molecule has 0 amide bonds. The van der Waals surface area contributed by atoms with E-state index in [0.717, 1.165) is 0 Å². The molecule has 0 saturated carbocycles. The molecule has 0 unspecified atom stereocenters. The lowest BCUT2D eigenvalue weighted by molar-refractivity contribution is 0.0812. The molecule has 5 heteroatoms. The Labute approximate surface area is 75.0 Å². The van der Waals surface area contributed by atoms with Gasteiger partial charge in [-0.3, -0.25) is 0 Å². The van der Waals surface area contributed by atoms with Crippen LogP contribution >= 0.6 is 0 Å². The zero-order valence-electron chi connectivity index (χ0n) is 7.84. The summed E-state index contributed by atoms with van der Waals surface area (Å²) in [7, 11) is -3.10. The minimum atomic E-state index is -3.10. The van der Waals surface area contributed by atoms with Crippen LogP contribution < -0.4 is 5.73 Å². The zero-order chi connectivity index (χ0) is 9.45. The highest BCUT2D eigenvalue weighted by molar-refractivity contribution is 6.58. The minimum absolute atomic E-state index is 0.431. The number of hydrogen-bond donors (Lipinski definition) is 1. The smallest absolute Gasteiger partial charge is 0.373 e. The third-order valence-corrected chi connectivity index (χ3v) is 3.84. The number of hydrogen-bond acceptors (Lipinski definition) is 3. The Morgan fingerprint density at radius 2 is 1.75 bits per heavy atom. The maximum atomic E-state index is 11.7. The first kappa shape index (κ1) is 12.1. The van der Waals surface area contributed by atoms with E-state index in [1.54, 1.807) is 13.8 Å². The van der Waals surface area contributed by atoms with Gasteiger partial charge in [-0.1, -0.05) is 0 Å². The van der Waals surface area contributed by atoms with Crippen LogP contribution in [0.25, 0.3) is 0 Å². The van der Waals surface area contributed by atoms with Gasteiger partial charge >= 0.3 is 8.80 Å². The van der Waals surface area contributed by atoms with E-state index in [9.17, 15) is 4.80 Å². The van der Waals surface area contributed by atoms with Crippen molar-refractivity contribution < 1.29 is 13.6 Å². The molecule has 73 valence electrons. The quantitative estimate of drug-likeness (QED) is 0.606. The van der Waals surface area contributed by atoms with Crippen LogP contribution in [0.15, 0.2) is 0 Å². The topological polar surface area (TPSA) is 64.4 Å². The molecule has 0 fully saturated rings. The van der Waals surface area contributed by atoms with Crippen LogP contribution in [0.5, 0.6) is 0 Å². The highest BCUT2D eigenvalue weighted by Gasteiger charge is 2.37. The van der Waals surface area contributed by atoms with Crippen LogP contribution in [-0.2, 0) is 13.6 Å². The second kappa shape index (κ2) is 6.56. The molecular formula is C7H18NO3Si. The van der Waals surface area contributed by atoms with E-state index in [2.05, 4.69) is 0 Å². The molecule has 0 aromatic rings. The SMILES string of the molecule is CCO[Si]([O])(CCCN)OCC. The normalized spacial score (nSPS) is 12.0. The Kier molecular flexibility index (Phi) is 6.59. The number of nitrogens with two attached hydrogens (primary N) is 1. The first-order valence-electron chi connectivity index (χ1n) is 4.37. The molecular weight excluding hydrogens is 174 g/mol. The van der Waals surface area contributed by atoms with Crippen molar-refractivity contribution in [2.45, 2.75) is 26.3 Å². The van der Waals surface area contributed by atoms with Crippen LogP contribution in [0, 0.1) is 0 Å². The molecule has 0 heterocycles. The standard InChI is InChI=1S/C7H18NO3Si/c1-3-10-12(9,11-4-2)7-5-6-8/h3-8H2,1-2H3. The van der Waals surface area contributed by atoms with E-state index in [4.69, 9.17) is 14.6 Å². The van der Waals surface area contributed by atoms with Gasteiger partial charge in [0.25, 0.3) is 0 Å². The molecule has 0 aliphatic carbocycles. The number of rotatable bonds is 7. The third kappa shape index (κ3) is 4.84. The maximum absolute atomic E-state index is 11.7. The average molecular weight is 192 g/mol. The van der Waals surface area contributed by atoms with E-state index < -0.39 is 8.80 Å². The van der Waals surface area contributed by atoms with Gasteiger partial charge in [0, 0.05) is 19.3 Å². The molecule has 4 nitrogen and oxygen atoms in total. The van der Waals surface area contributed by atoms with E-state index in [0.29, 0.717) is 32.2 Å². The molecule has 0 aliphatic rings. The minimum Gasteiger partial charge on any atom is -0.373 e. The summed E-state index contributed by atoms with van der Waals surface area (Å²) < 4.78 is 10.2. The van der Waals surface area contributed by atoms with Crippen molar-refractivity contribution in [2.75, 3.05) is 19.8 Å². The average Bonchev–Trinajstić information content (AvgIpc) is 2.02. The summed E-state index contributed by atoms with van der Waals surface area (Å²) in [5, 5.41) is 0. The van der Waals surface area contributed by atoms with E-state index >= 15 is 0 Å². The van der Waals surface area contributed by atoms with E-state index in [-0.39, 0.29) is 0 Å². The molecule has 0 bridgehead atoms. The Balaban J connectivity index is 3.80. The summed E-state index contributed by atoms with van der Waals surface area (Å²) in [5.41, 5.74) is 5.30. The van der Waals surface area contributed by atoms with Gasteiger partial charge in [-0.2, -0.15) is 0 Å². The Morgan fingerprint density at radius 1 is 1.25 bits per heavy atom. The van der Waals surface area contributed by atoms with Crippen molar-refractivity contribution in [2.24, 2.45) is 5.73 Å². The summed E-state index contributed by atoms with van der Waals surface area (Å²) in [6.07, 6.45) is 0.690. The molecule has 0 atom stereocenters. The van der Waals surface area contributed by atoms with Crippen LogP contribution in [0.2, 0.25) is 6.04 Å². The predicted octanol–water partition coefficient (Wildman–Crippen LogP) is 0.778. The summed E-state index contributed by atoms with van der Waals surface area (Å²) in [4.78, 5) is 11.7. The van der Waals surface area contributed by atoms with E-state index in [1.807, 2.05) is 0 Å². The second-order valence-corrected chi connectivity index (χ2v) is 4.88. The molecule has 0 aromatic carbocycles.